The highest BCUT2D eigenvalue weighted by molar-refractivity contribution is 5.97. The van der Waals surface area contributed by atoms with Crippen LogP contribution in [0.25, 0.3) is 0 Å². The van der Waals surface area contributed by atoms with Crippen molar-refractivity contribution in [2.24, 2.45) is 5.84 Å². The maximum absolute atomic E-state index is 13.7. The Morgan fingerprint density at radius 3 is 1.26 bits per heavy atom. The molecule has 2 aromatic carbocycles. The number of carbonyl (C=O) groups is 4. The van der Waals surface area contributed by atoms with Crippen molar-refractivity contribution in [3.63, 3.8) is 0 Å². The Morgan fingerprint density at radius 2 is 0.900 bits per heavy atom. The Bertz CT molecular complexity index is 1480. The monoisotopic (exact) mass is 694 g/mol. The number of hydrogen-bond donors (Lipinski definition) is 5. The molecule has 0 aliphatic rings. The Morgan fingerprint density at radius 1 is 0.560 bits per heavy atom. The van der Waals surface area contributed by atoms with Gasteiger partial charge in [-0.1, -0.05) is 107 Å². The Labute approximate surface area is 299 Å². The molecule has 0 unspecified atom stereocenters. The maximum atomic E-state index is 13.7. The van der Waals surface area contributed by atoms with Crippen molar-refractivity contribution in [3.8, 4) is 11.5 Å². The van der Waals surface area contributed by atoms with E-state index in [1.165, 1.54) is 0 Å². The predicted molar refractivity (Wildman–Crippen MR) is 198 cm³/mol. The van der Waals surface area contributed by atoms with E-state index in [2.05, 4.69) is 10.9 Å². The molecule has 10 heteroatoms. The number of aryl methyl sites for hydroxylation is 2. The molecule has 2 rings (SSSR count). The molecule has 10 nitrogen and oxygen atoms in total. The van der Waals surface area contributed by atoms with Crippen LogP contribution in [0.2, 0.25) is 0 Å². The normalized spacial score (nSPS) is 12.4. The number of nitrogens with two attached hydrogens (primary N) is 1. The summed E-state index contributed by atoms with van der Waals surface area (Å²) >= 11 is 0. The first-order valence-corrected chi connectivity index (χ1v) is 17.7. The summed E-state index contributed by atoms with van der Waals surface area (Å²) < 4.78 is 0. The van der Waals surface area contributed by atoms with E-state index in [1.807, 2.05) is 107 Å². The standard InChI is InChI=1S/C40H62N4O6/c1-37(2,3)27-21-25(22-28(35(27)49)38(4,5)6)17-19-32(46)43-44(33(47)16-14-13-15-31(45)42-41)34(48)20-18-26-23-29(39(7,8)9)36(50)30(24-26)40(10,11)12/h21-24,49-50H,13-20,41H2,1-12H3,(H,42,45)(H,43,46). The number of nitrogens with zero attached hydrogens (tertiary/aromatic N) is 1. The molecule has 0 radical (unpaired) electrons. The molecule has 0 saturated heterocycles. The second-order valence-corrected chi connectivity index (χ2v) is 17.5. The van der Waals surface area contributed by atoms with Crippen molar-refractivity contribution < 1.29 is 29.4 Å². The number of hydrazine groups is 2. The number of phenolic OH excluding ortho intramolecular Hbond substituents is 2. The zero-order valence-corrected chi connectivity index (χ0v) is 32.5. The topological polar surface area (TPSA) is 162 Å². The minimum Gasteiger partial charge on any atom is -0.507 e. The van der Waals surface area contributed by atoms with E-state index in [9.17, 15) is 29.4 Å². The summed E-state index contributed by atoms with van der Waals surface area (Å²) in [5.74, 6) is 3.68. The first-order chi connectivity index (χ1) is 22.8. The first kappa shape index (κ1) is 42.2. The molecule has 4 amide bonds. The minimum absolute atomic E-state index is 0.00746. The van der Waals surface area contributed by atoms with E-state index in [1.54, 1.807) is 0 Å². The highest BCUT2D eigenvalue weighted by atomic mass is 16.3. The lowest BCUT2D eigenvalue weighted by molar-refractivity contribution is -0.153. The largest absolute Gasteiger partial charge is 0.507 e. The van der Waals surface area contributed by atoms with Gasteiger partial charge in [0.2, 0.25) is 23.6 Å². The molecule has 50 heavy (non-hydrogen) atoms. The molecule has 0 aliphatic carbocycles. The molecule has 6 N–H and O–H groups in total. The predicted octanol–water partition coefficient (Wildman–Crippen LogP) is 6.79. The van der Waals surface area contributed by atoms with Crippen LogP contribution in [0.5, 0.6) is 11.5 Å². The summed E-state index contributed by atoms with van der Waals surface area (Å²) in [7, 11) is 0. The SMILES string of the molecule is CC(C)(C)c1cc(CCC(=O)NN(C(=O)CCCCC(=O)NN)C(=O)CCc2cc(C(C)(C)C)c(O)c(C(C)(C)C)c2)cc(C(C)(C)C)c1O. The van der Waals surface area contributed by atoms with Crippen LogP contribution in [0.15, 0.2) is 24.3 Å². The summed E-state index contributed by atoms with van der Waals surface area (Å²) in [5, 5.41) is 23.0. The number of hydrogen-bond acceptors (Lipinski definition) is 7. The van der Waals surface area contributed by atoms with Crippen LogP contribution in [0, 0.1) is 0 Å². The Balaban J connectivity index is 2.34. The summed E-state index contributed by atoms with van der Waals surface area (Å²) in [4.78, 5) is 51.9. The van der Waals surface area contributed by atoms with Gasteiger partial charge >= 0.3 is 0 Å². The number of rotatable bonds is 11. The number of phenols is 2. The number of aromatic hydroxyl groups is 2. The van der Waals surface area contributed by atoms with Crippen LogP contribution in [0.1, 0.15) is 155 Å². The van der Waals surface area contributed by atoms with E-state index in [4.69, 9.17) is 5.84 Å². The van der Waals surface area contributed by atoms with E-state index in [0.29, 0.717) is 25.7 Å². The third-order valence-electron chi connectivity index (χ3n) is 8.78. The zero-order valence-electron chi connectivity index (χ0n) is 32.5. The van der Waals surface area contributed by atoms with Gasteiger partial charge in [-0.05, 0) is 80.7 Å². The van der Waals surface area contributed by atoms with Gasteiger partial charge in [-0.15, -0.1) is 0 Å². The fourth-order valence-corrected chi connectivity index (χ4v) is 5.78. The maximum Gasteiger partial charge on any atom is 0.248 e. The molecule has 0 atom stereocenters. The van der Waals surface area contributed by atoms with Gasteiger partial charge in [0.15, 0.2) is 0 Å². The van der Waals surface area contributed by atoms with Crippen molar-refractivity contribution in [2.45, 2.75) is 156 Å². The second kappa shape index (κ2) is 16.4. The lowest BCUT2D eigenvalue weighted by Gasteiger charge is -2.28. The van der Waals surface area contributed by atoms with Gasteiger partial charge in [0, 0.05) is 25.7 Å². The van der Waals surface area contributed by atoms with E-state index in [0.717, 1.165) is 38.4 Å². The van der Waals surface area contributed by atoms with Gasteiger partial charge in [0.1, 0.15) is 11.5 Å². The van der Waals surface area contributed by atoms with Crippen LogP contribution in [-0.2, 0) is 53.7 Å². The molecular weight excluding hydrogens is 632 g/mol. The summed E-state index contributed by atoms with van der Waals surface area (Å²) in [6.07, 6.45) is 1.38. The molecule has 0 aromatic heterocycles. The molecule has 2 aromatic rings. The average molecular weight is 695 g/mol. The molecule has 278 valence electrons. The average Bonchev–Trinajstić information content (AvgIpc) is 2.98. The van der Waals surface area contributed by atoms with Gasteiger partial charge in [0.25, 0.3) is 0 Å². The smallest absolute Gasteiger partial charge is 0.248 e. The highest BCUT2D eigenvalue weighted by Crippen LogP contribution is 2.41. The lowest BCUT2D eigenvalue weighted by atomic mass is 9.78. The quantitative estimate of drug-likeness (QED) is 0.0749. The van der Waals surface area contributed by atoms with Crippen LogP contribution < -0.4 is 16.7 Å². The van der Waals surface area contributed by atoms with Crippen LogP contribution >= 0.6 is 0 Å². The van der Waals surface area contributed by atoms with Crippen LogP contribution in [0.3, 0.4) is 0 Å². The highest BCUT2D eigenvalue weighted by Gasteiger charge is 2.29. The van der Waals surface area contributed by atoms with Crippen LogP contribution in [0.4, 0.5) is 0 Å². The molecule has 0 saturated carbocycles. The summed E-state index contributed by atoms with van der Waals surface area (Å²) in [6, 6.07) is 7.64. The number of nitrogens with one attached hydrogen (secondary N) is 2. The molecule has 0 spiro atoms. The molecule has 0 aliphatic heterocycles. The fourth-order valence-electron chi connectivity index (χ4n) is 5.78. The van der Waals surface area contributed by atoms with Gasteiger partial charge in [-0.3, -0.25) is 30.0 Å². The molecular formula is C40H62N4O6. The molecule has 0 fully saturated rings. The van der Waals surface area contributed by atoms with E-state index in [-0.39, 0.29) is 64.7 Å². The first-order valence-electron chi connectivity index (χ1n) is 17.7. The van der Waals surface area contributed by atoms with Crippen molar-refractivity contribution in [1.82, 2.24) is 15.9 Å². The lowest BCUT2D eigenvalue weighted by Crippen LogP contribution is -2.50. The van der Waals surface area contributed by atoms with Gasteiger partial charge in [0.05, 0.1) is 0 Å². The Hall–Kier alpha value is -3.92. The van der Waals surface area contributed by atoms with Crippen molar-refractivity contribution >= 4 is 23.6 Å². The third kappa shape index (κ3) is 11.9. The van der Waals surface area contributed by atoms with Crippen molar-refractivity contribution in [1.29, 1.82) is 0 Å². The van der Waals surface area contributed by atoms with Crippen LogP contribution in [-0.4, -0.2) is 38.9 Å². The summed E-state index contributed by atoms with van der Waals surface area (Å²) in [6.45, 7) is 24.2. The molecule has 0 heterocycles. The van der Waals surface area contributed by atoms with Crippen molar-refractivity contribution in [2.75, 3.05) is 0 Å². The number of benzene rings is 2. The van der Waals surface area contributed by atoms with Gasteiger partial charge < -0.3 is 10.2 Å². The number of carbonyl (C=O) groups excluding carboxylic acids is 4. The van der Waals surface area contributed by atoms with Crippen molar-refractivity contribution in [3.05, 3.63) is 57.6 Å². The Kier molecular flexibility index (Phi) is 13.9. The fraction of sp³-hybridized carbons (Fsp3) is 0.600. The van der Waals surface area contributed by atoms with Gasteiger partial charge in [-0.2, -0.15) is 5.01 Å². The minimum atomic E-state index is -0.567. The summed E-state index contributed by atoms with van der Waals surface area (Å²) in [5.41, 5.74) is 8.10. The number of unbranched alkanes of at least 4 members (excludes halogenated alkanes) is 1. The zero-order chi connectivity index (χ0) is 38.4. The number of imide groups is 1. The van der Waals surface area contributed by atoms with E-state index >= 15 is 0 Å². The van der Waals surface area contributed by atoms with Gasteiger partial charge in [-0.25, -0.2) is 5.84 Å². The molecule has 0 bridgehead atoms. The second-order valence-electron chi connectivity index (χ2n) is 17.5. The van der Waals surface area contributed by atoms with E-state index < -0.39 is 17.7 Å². The third-order valence-corrected chi connectivity index (χ3v) is 8.78. The number of amides is 4.